The van der Waals surface area contributed by atoms with Crippen molar-refractivity contribution in [3.8, 4) is 0 Å². The van der Waals surface area contributed by atoms with Crippen LogP contribution >= 0.6 is 11.3 Å². The lowest BCUT2D eigenvalue weighted by Gasteiger charge is -2.10. The molecule has 1 unspecified atom stereocenters. The molecular formula is C16H16N4O2S. The van der Waals surface area contributed by atoms with E-state index in [4.69, 9.17) is 0 Å². The summed E-state index contributed by atoms with van der Waals surface area (Å²) in [6, 6.07) is 1.73. The van der Waals surface area contributed by atoms with Crippen LogP contribution in [0.2, 0.25) is 0 Å². The van der Waals surface area contributed by atoms with Crippen molar-refractivity contribution in [2.24, 2.45) is 0 Å². The topological polar surface area (TPSA) is 80.9 Å². The van der Waals surface area contributed by atoms with Crippen LogP contribution in [0.15, 0.2) is 24.0 Å². The van der Waals surface area contributed by atoms with Gasteiger partial charge in [-0.15, -0.1) is 11.3 Å². The van der Waals surface area contributed by atoms with Crippen LogP contribution in [0, 0.1) is 0 Å². The Kier molecular flexibility index (Phi) is 4.20. The highest BCUT2D eigenvalue weighted by Gasteiger charge is 2.17. The van der Waals surface area contributed by atoms with E-state index in [2.05, 4.69) is 22.0 Å². The number of aromatic nitrogens is 4. The zero-order valence-electron chi connectivity index (χ0n) is 12.8. The number of rotatable bonds is 5. The fourth-order valence-corrected chi connectivity index (χ4v) is 2.78. The molecule has 0 bridgehead atoms. The second-order valence-electron chi connectivity index (χ2n) is 5.22. The lowest BCUT2D eigenvalue weighted by molar-refractivity contribution is 0.0699. The van der Waals surface area contributed by atoms with Crippen LogP contribution in [0.1, 0.15) is 47.2 Å². The molecule has 3 rings (SSSR count). The van der Waals surface area contributed by atoms with E-state index in [0.29, 0.717) is 16.7 Å². The number of nitrogens with zero attached hydrogens (tertiary/aromatic N) is 4. The van der Waals surface area contributed by atoms with E-state index in [1.54, 1.807) is 34.7 Å². The van der Waals surface area contributed by atoms with Crippen molar-refractivity contribution in [1.82, 2.24) is 19.7 Å². The van der Waals surface area contributed by atoms with Crippen molar-refractivity contribution >= 4 is 40.5 Å². The van der Waals surface area contributed by atoms with E-state index in [0.717, 1.165) is 11.3 Å². The highest BCUT2D eigenvalue weighted by Crippen LogP contribution is 2.23. The molecule has 1 N–H and O–H groups in total. The molecule has 0 aliphatic rings. The second kappa shape index (κ2) is 6.29. The smallest absolute Gasteiger partial charge is 0.336 e. The first-order valence-corrected chi connectivity index (χ1v) is 8.16. The van der Waals surface area contributed by atoms with Gasteiger partial charge in [0, 0.05) is 11.1 Å². The van der Waals surface area contributed by atoms with Gasteiger partial charge in [-0.3, -0.25) is 4.98 Å². The predicted octanol–water partition coefficient (Wildman–Crippen LogP) is 3.73. The summed E-state index contributed by atoms with van der Waals surface area (Å²) in [6.07, 6.45) is 7.90. The molecule has 6 nitrogen and oxygen atoms in total. The summed E-state index contributed by atoms with van der Waals surface area (Å²) in [5.41, 5.74) is 3.15. The number of carboxylic acid groups (broad SMARTS) is 1. The summed E-state index contributed by atoms with van der Waals surface area (Å²) in [6.45, 7) is 4.10. The Labute approximate surface area is 137 Å². The van der Waals surface area contributed by atoms with Crippen LogP contribution in [0.5, 0.6) is 0 Å². The average Bonchev–Trinajstić information content (AvgIpc) is 3.20. The summed E-state index contributed by atoms with van der Waals surface area (Å²) in [4.78, 5) is 21.1. The van der Waals surface area contributed by atoms with Crippen molar-refractivity contribution < 1.29 is 9.90 Å². The molecule has 1 atom stereocenters. The summed E-state index contributed by atoms with van der Waals surface area (Å²) >= 11 is 1.51. The van der Waals surface area contributed by atoms with Crippen LogP contribution in [-0.4, -0.2) is 30.8 Å². The number of carbonyl (C=O) groups is 1. The molecule has 0 saturated carbocycles. The number of fused-ring (bicyclic) bond motifs is 1. The van der Waals surface area contributed by atoms with E-state index in [-0.39, 0.29) is 11.6 Å². The summed E-state index contributed by atoms with van der Waals surface area (Å²) < 4.78 is 1.78. The van der Waals surface area contributed by atoms with Gasteiger partial charge in [0.1, 0.15) is 0 Å². The number of thiazole rings is 1. The van der Waals surface area contributed by atoms with Crippen molar-refractivity contribution in [3.63, 3.8) is 0 Å². The molecule has 0 aliphatic carbocycles. The van der Waals surface area contributed by atoms with Crippen molar-refractivity contribution in [1.29, 1.82) is 0 Å². The molecule has 3 aromatic rings. The fraction of sp³-hybridized carbons (Fsp3) is 0.250. The van der Waals surface area contributed by atoms with Crippen LogP contribution < -0.4 is 0 Å². The molecule has 0 aliphatic heterocycles. The first-order valence-electron chi connectivity index (χ1n) is 7.28. The van der Waals surface area contributed by atoms with E-state index < -0.39 is 5.97 Å². The number of hydrogen-bond donors (Lipinski definition) is 1. The molecule has 3 heterocycles. The Balaban J connectivity index is 2.13. The standard InChI is InChI=1S/C16H16N4O2S/c1-3-10(2)20-15-14(8-18-20)13(16(21)22)6-11(19-15)4-5-12-7-17-9-23-12/h4-10H,3H2,1-2H3,(H,21,22). The molecule has 0 spiro atoms. The number of aromatic carboxylic acids is 1. The highest BCUT2D eigenvalue weighted by molar-refractivity contribution is 7.10. The predicted molar refractivity (Wildman–Crippen MR) is 90.5 cm³/mol. The normalized spacial score (nSPS) is 13.0. The zero-order chi connectivity index (χ0) is 16.4. The molecular weight excluding hydrogens is 312 g/mol. The summed E-state index contributed by atoms with van der Waals surface area (Å²) in [5.74, 6) is -0.978. The van der Waals surface area contributed by atoms with Crippen molar-refractivity contribution in [2.45, 2.75) is 26.3 Å². The minimum absolute atomic E-state index is 0.155. The van der Waals surface area contributed by atoms with Gasteiger partial charge in [-0.2, -0.15) is 5.10 Å². The van der Waals surface area contributed by atoms with Gasteiger partial charge >= 0.3 is 5.97 Å². The van der Waals surface area contributed by atoms with Crippen LogP contribution in [0.3, 0.4) is 0 Å². The number of pyridine rings is 1. The molecule has 3 aromatic heterocycles. The molecule has 0 amide bonds. The molecule has 0 radical (unpaired) electrons. The highest BCUT2D eigenvalue weighted by atomic mass is 32.1. The van der Waals surface area contributed by atoms with Crippen LogP contribution in [0.25, 0.3) is 23.2 Å². The van der Waals surface area contributed by atoms with E-state index in [9.17, 15) is 9.90 Å². The Morgan fingerprint density at radius 3 is 2.91 bits per heavy atom. The van der Waals surface area contributed by atoms with Gasteiger partial charge in [0.2, 0.25) is 0 Å². The summed E-state index contributed by atoms with van der Waals surface area (Å²) in [5, 5.41) is 14.3. The minimum atomic E-state index is -0.978. The molecule has 23 heavy (non-hydrogen) atoms. The molecule has 0 saturated heterocycles. The average molecular weight is 328 g/mol. The first-order chi connectivity index (χ1) is 11.1. The maximum atomic E-state index is 11.6. The fourth-order valence-electron chi connectivity index (χ4n) is 2.27. The lowest BCUT2D eigenvalue weighted by atomic mass is 10.1. The van der Waals surface area contributed by atoms with Gasteiger partial charge in [-0.1, -0.05) is 6.92 Å². The van der Waals surface area contributed by atoms with Crippen molar-refractivity contribution in [3.05, 3.63) is 40.1 Å². The Hall–Kier alpha value is -2.54. The van der Waals surface area contributed by atoms with Gasteiger partial charge in [0.15, 0.2) is 5.65 Å². The second-order valence-corrected chi connectivity index (χ2v) is 6.14. The third-order valence-corrected chi connectivity index (χ3v) is 4.44. The Bertz CT molecular complexity index is 868. The number of carboxylic acids is 1. The van der Waals surface area contributed by atoms with Gasteiger partial charge in [-0.05, 0) is 31.6 Å². The third kappa shape index (κ3) is 3.00. The zero-order valence-corrected chi connectivity index (χ0v) is 13.6. The molecule has 118 valence electrons. The van der Waals surface area contributed by atoms with E-state index in [1.165, 1.54) is 11.3 Å². The van der Waals surface area contributed by atoms with Crippen LogP contribution in [-0.2, 0) is 0 Å². The largest absolute Gasteiger partial charge is 0.478 e. The van der Waals surface area contributed by atoms with Gasteiger partial charge < -0.3 is 5.11 Å². The van der Waals surface area contributed by atoms with E-state index in [1.807, 2.05) is 13.0 Å². The Morgan fingerprint density at radius 1 is 1.43 bits per heavy atom. The third-order valence-electron chi connectivity index (χ3n) is 3.70. The quantitative estimate of drug-likeness (QED) is 0.772. The van der Waals surface area contributed by atoms with Gasteiger partial charge in [0.05, 0.1) is 34.4 Å². The SMILES string of the molecule is CCC(C)n1ncc2c(C(=O)O)cc(C=Cc3cncs3)nc21. The molecule has 0 aromatic carbocycles. The van der Waals surface area contributed by atoms with E-state index >= 15 is 0 Å². The Morgan fingerprint density at radius 2 is 2.26 bits per heavy atom. The monoisotopic (exact) mass is 328 g/mol. The molecule has 0 fully saturated rings. The van der Waals surface area contributed by atoms with Crippen LogP contribution in [0.4, 0.5) is 0 Å². The molecule has 7 heteroatoms. The maximum Gasteiger partial charge on any atom is 0.336 e. The first kappa shape index (κ1) is 15.4. The minimum Gasteiger partial charge on any atom is -0.478 e. The van der Waals surface area contributed by atoms with Crippen molar-refractivity contribution in [2.75, 3.05) is 0 Å². The van der Waals surface area contributed by atoms with Gasteiger partial charge in [0.25, 0.3) is 0 Å². The number of hydrogen-bond acceptors (Lipinski definition) is 5. The maximum absolute atomic E-state index is 11.6. The van der Waals surface area contributed by atoms with Gasteiger partial charge in [-0.25, -0.2) is 14.5 Å². The lowest BCUT2D eigenvalue weighted by Crippen LogP contribution is -2.07. The summed E-state index contributed by atoms with van der Waals surface area (Å²) in [7, 11) is 0.